The smallest absolute Gasteiger partial charge is 0.232 e. The highest BCUT2D eigenvalue weighted by Crippen LogP contribution is 2.24. The fourth-order valence-corrected chi connectivity index (χ4v) is 2.86. The van der Waals surface area contributed by atoms with Gasteiger partial charge in [-0.3, -0.25) is 9.29 Å². The van der Waals surface area contributed by atoms with E-state index in [4.69, 9.17) is 0 Å². The van der Waals surface area contributed by atoms with Gasteiger partial charge in [0, 0.05) is 12.4 Å². The molecule has 0 saturated heterocycles. The Labute approximate surface area is 125 Å². The average molecular weight is 302 g/mol. The second kappa shape index (κ2) is 6.54. The van der Waals surface area contributed by atoms with Crippen molar-refractivity contribution in [1.82, 2.24) is 4.98 Å². The van der Waals surface area contributed by atoms with Crippen LogP contribution in [-0.2, 0) is 10.0 Å². The standard InChI is InChI=1S/C16H18N2O2S/c1-3-4-13-18(21(2,19)20)16-7-5-14(6-8-16)15-9-11-17-12-10-15/h3-12H,13H2,1-2H3. The quantitative estimate of drug-likeness (QED) is 0.798. The van der Waals surface area contributed by atoms with E-state index in [1.54, 1.807) is 12.4 Å². The molecule has 110 valence electrons. The van der Waals surface area contributed by atoms with E-state index in [1.807, 2.05) is 55.5 Å². The summed E-state index contributed by atoms with van der Waals surface area (Å²) in [6.07, 6.45) is 8.34. The van der Waals surface area contributed by atoms with Crippen LogP contribution in [0.4, 0.5) is 5.69 Å². The number of allylic oxidation sites excluding steroid dienone is 1. The number of hydrogen-bond acceptors (Lipinski definition) is 3. The van der Waals surface area contributed by atoms with Crippen LogP contribution in [-0.4, -0.2) is 26.2 Å². The second-order valence-electron chi connectivity index (χ2n) is 4.65. The van der Waals surface area contributed by atoms with Crippen molar-refractivity contribution in [1.29, 1.82) is 0 Å². The van der Waals surface area contributed by atoms with Crippen LogP contribution in [0.25, 0.3) is 11.1 Å². The molecule has 0 aliphatic rings. The largest absolute Gasteiger partial charge is 0.267 e. The van der Waals surface area contributed by atoms with Crippen molar-refractivity contribution in [3.63, 3.8) is 0 Å². The number of benzene rings is 1. The number of sulfonamides is 1. The first kappa shape index (κ1) is 15.3. The maximum atomic E-state index is 11.9. The minimum atomic E-state index is -3.30. The van der Waals surface area contributed by atoms with Crippen LogP contribution in [0.5, 0.6) is 0 Å². The maximum Gasteiger partial charge on any atom is 0.232 e. The van der Waals surface area contributed by atoms with E-state index in [-0.39, 0.29) is 0 Å². The molecule has 4 nitrogen and oxygen atoms in total. The normalized spacial score (nSPS) is 11.7. The van der Waals surface area contributed by atoms with Gasteiger partial charge in [0.05, 0.1) is 18.5 Å². The summed E-state index contributed by atoms with van der Waals surface area (Å²) >= 11 is 0. The summed E-state index contributed by atoms with van der Waals surface area (Å²) in [6, 6.07) is 11.3. The summed E-state index contributed by atoms with van der Waals surface area (Å²) in [4.78, 5) is 3.99. The van der Waals surface area contributed by atoms with E-state index in [9.17, 15) is 8.42 Å². The Hall–Kier alpha value is -2.14. The molecule has 0 aliphatic carbocycles. The highest BCUT2D eigenvalue weighted by molar-refractivity contribution is 7.92. The Morgan fingerprint density at radius 1 is 1.05 bits per heavy atom. The predicted octanol–water partition coefficient (Wildman–Crippen LogP) is 3.09. The van der Waals surface area contributed by atoms with Crippen molar-refractivity contribution in [3.05, 3.63) is 60.9 Å². The Morgan fingerprint density at radius 3 is 2.14 bits per heavy atom. The van der Waals surface area contributed by atoms with E-state index in [0.717, 1.165) is 11.1 Å². The van der Waals surface area contributed by atoms with Crippen molar-refractivity contribution in [2.45, 2.75) is 6.92 Å². The highest BCUT2D eigenvalue weighted by atomic mass is 32.2. The molecule has 1 heterocycles. The van der Waals surface area contributed by atoms with Crippen LogP contribution < -0.4 is 4.31 Å². The van der Waals surface area contributed by atoms with Crippen LogP contribution in [0.2, 0.25) is 0 Å². The van der Waals surface area contributed by atoms with Gasteiger partial charge in [0.2, 0.25) is 10.0 Å². The molecule has 0 radical (unpaired) electrons. The molecule has 0 fully saturated rings. The van der Waals surface area contributed by atoms with Gasteiger partial charge in [0.25, 0.3) is 0 Å². The molecule has 0 aliphatic heterocycles. The maximum absolute atomic E-state index is 11.9. The summed E-state index contributed by atoms with van der Waals surface area (Å²) < 4.78 is 25.1. The van der Waals surface area contributed by atoms with Gasteiger partial charge >= 0.3 is 0 Å². The molecule has 2 aromatic rings. The van der Waals surface area contributed by atoms with Gasteiger partial charge in [0.1, 0.15) is 0 Å². The predicted molar refractivity (Wildman–Crippen MR) is 86.7 cm³/mol. The molecule has 0 atom stereocenters. The summed E-state index contributed by atoms with van der Waals surface area (Å²) in [7, 11) is -3.30. The van der Waals surface area contributed by atoms with Gasteiger partial charge in [-0.25, -0.2) is 8.42 Å². The van der Waals surface area contributed by atoms with E-state index in [2.05, 4.69) is 4.98 Å². The fraction of sp³-hybridized carbons (Fsp3) is 0.188. The number of rotatable bonds is 5. The van der Waals surface area contributed by atoms with Crippen molar-refractivity contribution in [2.75, 3.05) is 17.1 Å². The fourth-order valence-electron chi connectivity index (χ4n) is 2.00. The molecule has 0 unspecified atom stereocenters. The number of anilines is 1. The van der Waals surface area contributed by atoms with Gasteiger partial charge in [-0.15, -0.1) is 0 Å². The SMILES string of the molecule is CC=CCN(c1ccc(-c2ccncc2)cc1)S(C)(=O)=O. The van der Waals surface area contributed by atoms with Crippen molar-refractivity contribution >= 4 is 15.7 Å². The Kier molecular flexibility index (Phi) is 4.75. The number of aromatic nitrogens is 1. The zero-order valence-corrected chi connectivity index (χ0v) is 12.9. The van der Waals surface area contributed by atoms with Crippen molar-refractivity contribution in [2.24, 2.45) is 0 Å². The molecular formula is C16H18N2O2S. The van der Waals surface area contributed by atoms with E-state index >= 15 is 0 Å². The highest BCUT2D eigenvalue weighted by Gasteiger charge is 2.15. The van der Waals surface area contributed by atoms with Crippen LogP contribution in [0.1, 0.15) is 6.92 Å². The molecular weight excluding hydrogens is 284 g/mol. The first-order valence-electron chi connectivity index (χ1n) is 6.61. The Bertz CT molecular complexity index is 708. The van der Waals surface area contributed by atoms with Crippen LogP contribution in [0.3, 0.4) is 0 Å². The Balaban J connectivity index is 2.32. The van der Waals surface area contributed by atoms with Crippen LogP contribution in [0.15, 0.2) is 60.9 Å². The zero-order valence-electron chi connectivity index (χ0n) is 12.1. The van der Waals surface area contributed by atoms with E-state index in [0.29, 0.717) is 12.2 Å². The molecule has 2 rings (SSSR count). The van der Waals surface area contributed by atoms with Gasteiger partial charge in [-0.05, 0) is 42.3 Å². The average Bonchev–Trinajstić information content (AvgIpc) is 2.48. The van der Waals surface area contributed by atoms with E-state index < -0.39 is 10.0 Å². The molecule has 0 N–H and O–H groups in total. The minimum absolute atomic E-state index is 0.337. The summed E-state index contributed by atoms with van der Waals surface area (Å²) in [6.45, 7) is 2.21. The third-order valence-corrected chi connectivity index (χ3v) is 4.24. The zero-order chi connectivity index (χ0) is 15.3. The summed E-state index contributed by atoms with van der Waals surface area (Å²) in [5.74, 6) is 0. The third-order valence-electron chi connectivity index (χ3n) is 3.08. The lowest BCUT2D eigenvalue weighted by atomic mass is 10.1. The monoisotopic (exact) mass is 302 g/mol. The van der Waals surface area contributed by atoms with Gasteiger partial charge in [0.15, 0.2) is 0 Å². The van der Waals surface area contributed by atoms with Crippen LogP contribution in [0, 0.1) is 0 Å². The Morgan fingerprint density at radius 2 is 1.62 bits per heavy atom. The van der Waals surface area contributed by atoms with Crippen molar-refractivity contribution < 1.29 is 8.42 Å². The molecule has 5 heteroatoms. The molecule has 0 amide bonds. The lowest BCUT2D eigenvalue weighted by Crippen LogP contribution is -2.29. The lowest BCUT2D eigenvalue weighted by molar-refractivity contribution is 0.598. The van der Waals surface area contributed by atoms with Crippen molar-refractivity contribution in [3.8, 4) is 11.1 Å². The van der Waals surface area contributed by atoms with Crippen LogP contribution >= 0.6 is 0 Å². The molecule has 21 heavy (non-hydrogen) atoms. The molecule has 0 saturated carbocycles. The third kappa shape index (κ3) is 3.92. The number of hydrogen-bond donors (Lipinski definition) is 0. The second-order valence-corrected chi connectivity index (χ2v) is 6.55. The molecule has 1 aromatic carbocycles. The van der Waals surface area contributed by atoms with Gasteiger partial charge in [-0.2, -0.15) is 0 Å². The summed E-state index contributed by atoms with van der Waals surface area (Å²) in [5, 5.41) is 0. The molecule has 0 bridgehead atoms. The first-order valence-corrected chi connectivity index (χ1v) is 8.46. The lowest BCUT2D eigenvalue weighted by Gasteiger charge is -2.21. The first-order chi connectivity index (χ1) is 10.0. The number of nitrogens with zero attached hydrogens (tertiary/aromatic N) is 2. The van der Waals surface area contributed by atoms with Gasteiger partial charge in [-0.1, -0.05) is 24.3 Å². The minimum Gasteiger partial charge on any atom is -0.267 e. The van der Waals surface area contributed by atoms with Gasteiger partial charge < -0.3 is 0 Å². The molecule has 1 aromatic heterocycles. The summed E-state index contributed by atoms with van der Waals surface area (Å²) in [5.41, 5.74) is 2.74. The topological polar surface area (TPSA) is 50.3 Å². The molecule has 0 spiro atoms. The number of pyridine rings is 1. The van der Waals surface area contributed by atoms with E-state index in [1.165, 1.54) is 10.6 Å².